The summed E-state index contributed by atoms with van der Waals surface area (Å²) in [4.78, 5) is 12.9. The van der Waals surface area contributed by atoms with Crippen LogP contribution in [-0.2, 0) is 22.9 Å². The van der Waals surface area contributed by atoms with Crippen molar-refractivity contribution >= 4 is 15.9 Å². The third-order valence-electron chi connectivity index (χ3n) is 5.05. The highest BCUT2D eigenvalue weighted by atomic mass is 32.2. The van der Waals surface area contributed by atoms with Crippen LogP contribution in [0.3, 0.4) is 0 Å². The lowest BCUT2D eigenvalue weighted by molar-refractivity contribution is 0.0946. The Bertz CT molecular complexity index is 1130. The molecule has 168 valence electrons. The van der Waals surface area contributed by atoms with Crippen LogP contribution in [0, 0.1) is 0 Å². The second kappa shape index (κ2) is 10.9. The first-order valence-corrected chi connectivity index (χ1v) is 11.9. The molecule has 1 amide bonds. The second-order valence-corrected chi connectivity index (χ2v) is 9.66. The number of carbonyl (C=O) groups excluding carboxylic acids is 1. The number of carbonyl (C=O) groups is 1. The molecule has 1 N–H and O–H groups in total. The molecular formula is C25H28N2O4S. The van der Waals surface area contributed by atoms with Crippen molar-refractivity contribution in [2.45, 2.75) is 17.7 Å². The van der Waals surface area contributed by atoms with Gasteiger partial charge in [0.25, 0.3) is 5.91 Å². The van der Waals surface area contributed by atoms with Gasteiger partial charge in [-0.1, -0.05) is 48.5 Å². The van der Waals surface area contributed by atoms with E-state index in [1.54, 1.807) is 12.1 Å². The minimum Gasteiger partial charge on any atom is -0.492 e. The lowest BCUT2D eigenvalue weighted by Gasteiger charge is -2.13. The Morgan fingerprint density at radius 1 is 0.875 bits per heavy atom. The van der Waals surface area contributed by atoms with E-state index in [-0.39, 0.29) is 17.4 Å². The maximum Gasteiger partial charge on any atom is 0.251 e. The van der Waals surface area contributed by atoms with Crippen molar-refractivity contribution in [2.24, 2.45) is 0 Å². The molecular weight excluding hydrogens is 424 g/mol. The van der Waals surface area contributed by atoms with E-state index in [1.807, 2.05) is 42.5 Å². The second-order valence-electron chi connectivity index (χ2n) is 7.51. The number of aryl methyl sites for hydroxylation is 2. The molecule has 0 atom stereocenters. The molecule has 0 saturated carbocycles. The number of benzene rings is 3. The summed E-state index contributed by atoms with van der Waals surface area (Å²) in [6.45, 7) is 0.612. The van der Waals surface area contributed by atoms with E-state index >= 15 is 0 Å². The third-order valence-corrected chi connectivity index (χ3v) is 6.88. The third kappa shape index (κ3) is 6.18. The Kier molecular flexibility index (Phi) is 8.03. The Hall–Kier alpha value is -3.16. The average Bonchev–Trinajstić information content (AvgIpc) is 2.81. The van der Waals surface area contributed by atoms with Gasteiger partial charge < -0.3 is 10.1 Å². The first kappa shape index (κ1) is 23.5. The summed E-state index contributed by atoms with van der Waals surface area (Å²) >= 11 is 0. The molecule has 0 fully saturated rings. The number of nitrogens with one attached hydrogen (secondary N) is 1. The van der Waals surface area contributed by atoms with Crippen LogP contribution in [0.4, 0.5) is 0 Å². The Morgan fingerprint density at radius 2 is 1.53 bits per heavy atom. The lowest BCUT2D eigenvalue weighted by atomic mass is 9.99. The number of hydrogen-bond acceptors (Lipinski definition) is 4. The van der Waals surface area contributed by atoms with Gasteiger partial charge in [0.2, 0.25) is 10.0 Å². The summed E-state index contributed by atoms with van der Waals surface area (Å²) < 4.78 is 31.0. The molecule has 0 spiro atoms. The topological polar surface area (TPSA) is 75.7 Å². The van der Waals surface area contributed by atoms with Gasteiger partial charge in [-0.05, 0) is 54.3 Å². The molecule has 7 heteroatoms. The van der Waals surface area contributed by atoms with Crippen LogP contribution in [0.1, 0.15) is 21.5 Å². The number of ether oxygens (including phenoxy) is 1. The van der Waals surface area contributed by atoms with Crippen LogP contribution < -0.4 is 10.1 Å². The largest absolute Gasteiger partial charge is 0.492 e. The number of hydrogen-bond donors (Lipinski definition) is 1. The van der Waals surface area contributed by atoms with E-state index in [9.17, 15) is 13.2 Å². The summed E-state index contributed by atoms with van der Waals surface area (Å²) in [6, 6.07) is 24.1. The molecule has 0 aliphatic heterocycles. The minimum absolute atomic E-state index is 0.135. The van der Waals surface area contributed by atoms with Gasteiger partial charge in [0.15, 0.2) is 0 Å². The standard InChI is InChI=1S/C25H28N2O4S/c1-27(2)32(29,30)23-16-14-22(15-17-23)31-19-18-26-25(28)24-11-7-6-10-21(24)13-12-20-8-4-3-5-9-20/h3-11,14-17H,12-13,18-19H2,1-2H3,(H,26,28). The molecule has 0 aliphatic rings. The summed E-state index contributed by atoms with van der Waals surface area (Å²) in [5.74, 6) is 0.407. The van der Waals surface area contributed by atoms with E-state index < -0.39 is 10.0 Å². The van der Waals surface area contributed by atoms with E-state index in [0.717, 1.165) is 22.7 Å². The van der Waals surface area contributed by atoms with Crippen molar-refractivity contribution in [1.29, 1.82) is 0 Å². The molecule has 3 aromatic carbocycles. The number of sulfonamides is 1. The zero-order valence-corrected chi connectivity index (χ0v) is 19.1. The minimum atomic E-state index is -3.47. The first-order valence-electron chi connectivity index (χ1n) is 10.4. The molecule has 0 aromatic heterocycles. The molecule has 0 radical (unpaired) electrons. The van der Waals surface area contributed by atoms with Crippen LogP contribution in [0.25, 0.3) is 0 Å². The molecule has 0 heterocycles. The fraction of sp³-hybridized carbons (Fsp3) is 0.240. The van der Waals surface area contributed by atoms with Crippen LogP contribution in [0.2, 0.25) is 0 Å². The Balaban J connectivity index is 1.50. The van der Waals surface area contributed by atoms with Crippen molar-refractivity contribution < 1.29 is 17.9 Å². The molecule has 3 rings (SSSR count). The first-order chi connectivity index (χ1) is 15.4. The van der Waals surface area contributed by atoms with Gasteiger partial charge in [-0.15, -0.1) is 0 Å². The van der Waals surface area contributed by atoms with E-state index in [2.05, 4.69) is 17.4 Å². The van der Waals surface area contributed by atoms with Gasteiger partial charge in [0, 0.05) is 19.7 Å². The zero-order valence-electron chi connectivity index (χ0n) is 18.3. The monoisotopic (exact) mass is 452 g/mol. The predicted octanol–water partition coefficient (Wildman–Crippen LogP) is 3.53. The molecule has 0 saturated heterocycles. The van der Waals surface area contributed by atoms with E-state index in [1.165, 1.54) is 31.8 Å². The zero-order chi connectivity index (χ0) is 23.0. The molecule has 0 aliphatic carbocycles. The van der Waals surface area contributed by atoms with Crippen molar-refractivity contribution in [1.82, 2.24) is 9.62 Å². The SMILES string of the molecule is CN(C)S(=O)(=O)c1ccc(OCCNC(=O)c2ccccc2CCc2ccccc2)cc1. The van der Waals surface area contributed by atoms with Crippen LogP contribution in [0.5, 0.6) is 5.75 Å². The van der Waals surface area contributed by atoms with Gasteiger partial charge in [0.1, 0.15) is 12.4 Å². The van der Waals surface area contributed by atoms with Crippen LogP contribution in [0.15, 0.2) is 83.8 Å². The fourth-order valence-electron chi connectivity index (χ4n) is 3.23. The fourth-order valence-corrected chi connectivity index (χ4v) is 4.13. The average molecular weight is 453 g/mol. The highest BCUT2D eigenvalue weighted by molar-refractivity contribution is 7.89. The summed E-state index contributed by atoms with van der Waals surface area (Å²) in [6.07, 6.45) is 1.65. The molecule has 3 aromatic rings. The molecule has 32 heavy (non-hydrogen) atoms. The summed E-state index contributed by atoms with van der Waals surface area (Å²) in [5.41, 5.74) is 2.91. The number of amides is 1. The smallest absolute Gasteiger partial charge is 0.251 e. The molecule has 0 unspecified atom stereocenters. The van der Waals surface area contributed by atoms with Crippen molar-refractivity contribution in [3.8, 4) is 5.75 Å². The van der Waals surface area contributed by atoms with Gasteiger partial charge in [-0.2, -0.15) is 0 Å². The lowest BCUT2D eigenvalue weighted by Crippen LogP contribution is -2.29. The maximum absolute atomic E-state index is 12.7. The van der Waals surface area contributed by atoms with E-state index in [0.29, 0.717) is 17.9 Å². The summed E-state index contributed by atoms with van der Waals surface area (Å²) in [5, 5.41) is 2.89. The van der Waals surface area contributed by atoms with Crippen molar-refractivity contribution in [3.63, 3.8) is 0 Å². The van der Waals surface area contributed by atoms with Gasteiger partial charge in [-0.25, -0.2) is 12.7 Å². The van der Waals surface area contributed by atoms with E-state index in [4.69, 9.17) is 4.74 Å². The number of nitrogens with zero attached hydrogens (tertiary/aromatic N) is 1. The van der Waals surface area contributed by atoms with Crippen molar-refractivity contribution in [2.75, 3.05) is 27.2 Å². The Labute approximate surface area is 189 Å². The maximum atomic E-state index is 12.7. The quantitative estimate of drug-likeness (QED) is 0.478. The van der Waals surface area contributed by atoms with Gasteiger partial charge in [-0.3, -0.25) is 4.79 Å². The van der Waals surface area contributed by atoms with Gasteiger partial charge >= 0.3 is 0 Å². The Morgan fingerprint density at radius 3 is 2.22 bits per heavy atom. The molecule has 6 nitrogen and oxygen atoms in total. The van der Waals surface area contributed by atoms with Gasteiger partial charge in [0.05, 0.1) is 11.4 Å². The molecule has 0 bridgehead atoms. The van der Waals surface area contributed by atoms with Crippen LogP contribution >= 0.6 is 0 Å². The predicted molar refractivity (Wildman–Crippen MR) is 125 cm³/mol. The highest BCUT2D eigenvalue weighted by Gasteiger charge is 2.16. The summed E-state index contributed by atoms with van der Waals surface area (Å²) in [7, 11) is -0.490. The normalized spacial score (nSPS) is 11.3. The highest BCUT2D eigenvalue weighted by Crippen LogP contribution is 2.18. The van der Waals surface area contributed by atoms with Crippen molar-refractivity contribution in [3.05, 3.63) is 95.6 Å². The number of rotatable bonds is 10. The van der Waals surface area contributed by atoms with Crippen LogP contribution in [-0.4, -0.2) is 45.9 Å².